The number of nitrogens with zero attached hydrogens (tertiary/aromatic N) is 2. The van der Waals surface area contributed by atoms with Crippen molar-refractivity contribution in [3.05, 3.63) is 42.5 Å². The van der Waals surface area contributed by atoms with E-state index >= 15 is 0 Å². The number of rotatable bonds is 3. The second-order valence-corrected chi connectivity index (χ2v) is 5.85. The lowest BCUT2D eigenvalue weighted by molar-refractivity contribution is 0.443. The Morgan fingerprint density at radius 2 is 2.00 bits per heavy atom. The third-order valence-corrected chi connectivity index (χ3v) is 4.54. The molecule has 2 nitrogen and oxygen atoms in total. The molecule has 2 aromatic rings. The number of fused-ring (bicyclic) bond motifs is 1. The van der Waals surface area contributed by atoms with Crippen LogP contribution in [0.25, 0.3) is 10.8 Å². The summed E-state index contributed by atoms with van der Waals surface area (Å²) in [5, 5.41) is 2.64. The first-order valence-corrected chi connectivity index (χ1v) is 7.30. The summed E-state index contributed by atoms with van der Waals surface area (Å²) in [5.41, 5.74) is 1.31. The van der Waals surface area contributed by atoms with Crippen LogP contribution in [-0.2, 0) is 0 Å². The standard InChI is InChI=1S/C16H20N2S/c1-17(12-14-8-5-11-18(14)19)16-10-4-7-13-6-2-3-9-15(13)16/h2-4,6-7,9-10,14,19H,5,8,11-12H2,1H3/t14-/m0/s1. The van der Waals surface area contributed by atoms with Gasteiger partial charge in [0.25, 0.3) is 0 Å². The molecule has 0 bridgehead atoms. The van der Waals surface area contributed by atoms with E-state index in [1.807, 2.05) is 0 Å². The molecule has 1 aliphatic heterocycles. The Morgan fingerprint density at radius 1 is 1.21 bits per heavy atom. The van der Waals surface area contributed by atoms with Gasteiger partial charge in [0.1, 0.15) is 0 Å². The van der Waals surface area contributed by atoms with Crippen LogP contribution in [0.3, 0.4) is 0 Å². The third kappa shape index (κ3) is 2.58. The fourth-order valence-electron chi connectivity index (χ4n) is 2.96. The normalized spacial score (nSPS) is 20.0. The average Bonchev–Trinajstić information content (AvgIpc) is 2.83. The quantitative estimate of drug-likeness (QED) is 0.853. The van der Waals surface area contributed by atoms with Crippen molar-refractivity contribution in [2.45, 2.75) is 18.9 Å². The van der Waals surface area contributed by atoms with Gasteiger partial charge >= 0.3 is 0 Å². The molecule has 0 amide bonds. The average molecular weight is 272 g/mol. The van der Waals surface area contributed by atoms with E-state index in [2.05, 4.69) is 71.5 Å². The van der Waals surface area contributed by atoms with Crippen LogP contribution in [0.5, 0.6) is 0 Å². The van der Waals surface area contributed by atoms with Crippen LogP contribution in [0.4, 0.5) is 5.69 Å². The fraction of sp³-hybridized carbons (Fsp3) is 0.375. The van der Waals surface area contributed by atoms with Gasteiger partial charge in [0.05, 0.1) is 0 Å². The molecule has 3 heteroatoms. The highest BCUT2D eigenvalue weighted by Gasteiger charge is 2.23. The van der Waals surface area contributed by atoms with E-state index < -0.39 is 0 Å². The lowest BCUT2D eigenvalue weighted by Gasteiger charge is -2.27. The number of hydrogen-bond acceptors (Lipinski definition) is 3. The number of anilines is 1. The highest BCUT2D eigenvalue weighted by atomic mass is 32.1. The number of benzene rings is 2. The summed E-state index contributed by atoms with van der Waals surface area (Å²) in [7, 11) is 2.18. The van der Waals surface area contributed by atoms with E-state index in [-0.39, 0.29) is 0 Å². The number of thiol groups is 1. The Morgan fingerprint density at radius 3 is 2.79 bits per heavy atom. The maximum Gasteiger partial charge on any atom is 0.0443 e. The maximum atomic E-state index is 4.55. The van der Waals surface area contributed by atoms with Gasteiger partial charge in [-0.2, -0.15) is 0 Å². The minimum absolute atomic E-state index is 0.562. The molecule has 100 valence electrons. The zero-order valence-corrected chi connectivity index (χ0v) is 12.2. The Hall–Kier alpha value is -1.19. The van der Waals surface area contributed by atoms with Crippen LogP contribution in [-0.4, -0.2) is 30.5 Å². The predicted molar refractivity (Wildman–Crippen MR) is 85.9 cm³/mol. The molecule has 0 aromatic heterocycles. The smallest absolute Gasteiger partial charge is 0.0443 e. The largest absolute Gasteiger partial charge is 0.372 e. The van der Waals surface area contributed by atoms with Crippen molar-refractivity contribution < 1.29 is 0 Å². The Labute approximate surface area is 120 Å². The summed E-state index contributed by atoms with van der Waals surface area (Å²) >= 11 is 4.55. The molecule has 0 unspecified atom stereocenters. The van der Waals surface area contributed by atoms with Crippen LogP contribution in [0, 0.1) is 0 Å². The van der Waals surface area contributed by atoms with Crippen LogP contribution >= 0.6 is 12.8 Å². The molecule has 1 aliphatic rings. The maximum absolute atomic E-state index is 4.55. The van der Waals surface area contributed by atoms with Crippen molar-refractivity contribution >= 4 is 29.3 Å². The van der Waals surface area contributed by atoms with Gasteiger partial charge in [0.15, 0.2) is 0 Å². The second kappa shape index (κ2) is 5.43. The molecule has 1 fully saturated rings. The summed E-state index contributed by atoms with van der Waals surface area (Å²) in [6, 6.07) is 15.7. The molecular weight excluding hydrogens is 252 g/mol. The molecular formula is C16H20N2S. The van der Waals surface area contributed by atoms with Crippen molar-refractivity contribution in [2.75, 3.05) is 25.0 Å². The topological polar surface area (TPSA) is 6.48 Å². The monoisotopic (exact) mass is 272 g/mol. The molecule has 0 N–H and O–H groups in total. The van der Waals surface area contributed by atoms with Gasteiger partial charge in [0.2, 0.25) is 0 Å². The van der Waals surface area contributed by atoms with Crippen LogP contribution < -0.4 is 4.90 Å². The first-order valence-electron chi connectivity index (χ1n) is 6.90. The van der Waals surface area contributed by atoms with E-state index in [1.54, 1.807) is 0 Å². The summed E-state index contributed by atoms with van der Waals surface area (Å²) in [4.78, 5) is 2.36. The zero-order chi connectivity index (χ0) is 13.2. The van der Waals surface area contributed by atoms with Crippen molar-refractivity contribution in [3.8, 4) is 0 Å². The van der Waals surface area contributed by atoms with Crippen molar-refractivity contribution in [1.29, 1.82) is 0 Å². The first-order chi connectivity index (χ1) is 9.25. The molecule has 0 spiro atoms. The molecule has 19 heavy (non-hydrogen) atoms. The van der Waals surface area contributed by atoms with Crippen LogP contribution in [0.1, 0.15) is 12.8 Å². The lowest BCUT2D eigenvalue weighted by Crippen LogP contribution is -2.34. The minimum Gasteiger partial charge on any atom is -0.372 e. The molecule has 1 heterocycles. The lowest BCUT2D eigenvalue weighted by atomic mass is 10.1. The first kappa shape index (κ1) is 12.8. The Bertz CT molecular complexity index is 564. The molecule has 1 atom stereocenters. The van der Waals surface area contributed by atoms with Gasteiger partial charge in [-0.25, -0.2) is 4.31 Å². The van der Waals surface area contributed by atoms with Crippen LogP contribution in [0.15, 0.2) is 42.5 Å². The van der Waals surface area contributed by atoms with E-state index in [4.69, 9.17) is 0 Å². The summed E-state index contributed by atoms with van der Waals surface area (Å²) < 4.78 is 2.18. The highest BCUT2D eigenvalue weighted by molar-refractivity contribution is 7.77. The summed E-state index contributed by atoms with van der Waals surface area (Å²) in [6.45, 7) is 2.15. The van der Waals surface area contributed by atoms with Gasteiger partial charge in [-0.3, -0.25) is 0 Å². The van der Waals surface area contributed by atoms with E-state index in [0.29, 0.717) is 6.04 Å². The Balaban J connectivity index is 1.87. The molecule has 2 aromatic carbocycles. The molecule has 0 aliphatic carbocycles. The van der Waals surface area contributed by atoms with Crippen LogP contribution in [0.2, 0.25) is 0 Å². The van der Waals surface area contributed by atoms with E-state index in [0.717, 1.165) is 13.1 Å². The van der Waals surface area contributed by atoms with Gasteiger partial charge < -0.3 is 4.90 Å². The summed E-state index contributed by atoms with van der Waals surface area (Å²) in [6.07, 6.45) is 2.51. The molecule has 3 rings (SSSR count). The van der Waals surface area contributed by atoms with Gasteiger partial charge in [0, 0.05) is 37.3 Å². The second-order valence-electron chi connectivity index (χ2n) is 5.34. The van der Waals surface area contributed by atoms with Crippen molar-refractivity contribution in [3.63, 3.8) is 0 Å². The number of likely N-dealkylation sites (N-methyl/N-ethyl adjacent to an activating group) is 1. The Kier molecular flexibility index (Phi) is 3.67. The van der Waals surface area contributed by atoms with Crippen molar-refractivity contribution in [2.24, 2.45) is 0 Å². The molecule has 0 saturated carbocycles. The summed E-state index contributed by atoms with van der Waals surface area (Å²) in [5.74, 6) is 0. The zero-order valence-electron chi connectivity index (χ0n) is 11.3. The van der Waals surface area contributed by atoms with Gasteiger partial charge in [-0.1, -0.05) is 49.2 Å². The SMILES string of the molecule is CN(C[C@@H]1CCCN1S)c1cccc2ccccc12. The number of hydrogen-bond donors (Lipinski definition) is 1. The molecule has 0 radical (unpaired) electrons. The highest BCUT2D eigenvalue weighted by Crippen LogP contribution is 2.28. The van der Waals surface area contributed by atoms with Gasteiger partial charge in [-0.15, -0.1) is 0 Å². The van der Waals surface area contributed by atoms with E-state index in [1.165, 1.54) is 29.3 Å². The minimum atomic E-state index is 0.562. The van der Waals surface area contributed by atoms with Gasteiger partial charge in [-0.05, 0) is 24.3 Å². The van der Waals surface area contributed by atoms with E-state index in [9.17, 15) is 0 Å². The third-order valence-electron chi connectivity index (χ3n) is 4.01. The fourth-order valence-corrected chi connectivity index (χ4v) is 3.29. The van der Waals surface area contributed by atoms with Crippen molar-refractivity contribution in [1.82, 2.24) is 4.31 Å². The predicted octanol–water partition coefficient (Wildman–Crippen LogP) is 3.59. The molecule has 1 saturated heterocycles.